The van der Waals surface area contributed by atoms with Crippen LogP contribution in [0.2, 0.25) is 0 Å². The maximum Gasteiger partial charge on any atom is 0.239 e. The number of halogens is 1. The lowest BCUT2D eigenvalue weighted by molar-refractivity contribution is -0.132. The maximum atomic E-state index is 12.0. The van der Waals surface area contributed by atoms with Gasteiger partial charge in [-0.2, -0.15) is 0 Å². The van der Waals surface area contributed by atoms with Crippen molar-refractivity contribution in [2.75, 3.05) is 20.8 Å². The van der Waals surface area contributed by atoms with E-state index < -0.39 is 6.04 Å². The van der Waals surface area contributed by atoms with Gasteiger partial charge in [-0.3, -0.25) is 4.79 Å². The first-order valence-electron chi connectivity index (χ1n) is 5.79. The van der Waals surface area contributed by atoms with Gasteiger partial charge in [0, 0.05) is 31.8 Å². The van der Waals surface area contributed by atoms with Gasteiger partial charge in [0.25, 0.3) is 0 Å². The number of nitrogens with zero attached hydrogens (tertiary/aromatic N) is 1. The fraction of sp³-hybridized carbons (Fsp3) is 0.462. The van der Waals surface area contributed by atoms with Crippen LogP contribution in [-0.4, -0.2) is 37.6 Å². The van der Waals surface area contributed by atoms with Gasteiger partial charge in [-0.25, -0.2) is 0 Å². The number of carbonyl (C=O) groups excluding carboxylic acids is 1. The molecule has 2 N–H and O–H groups in total. The average Bonchev–Trinajstić information content (AvgIpc) is 2.37. The Balaban J connectivity index is 2.57. The Hall–Kier alpha value is -0.910. The summed E-state index contributed by atoms with van der Waals surface area (Å²) in [7, 11) is 3.36. The van der Waals surface area contributed by atoms with E-state index >= 15 is 0 Å². The van der Waals surface area contributed by atoms with Crippen LogP contribution in [0.4, 0.5) is 0 Å². The van der Waals surface area contributed by atoms with E-state index in [1.54, 1.807) is 19.1 Å². The highest BCUT2D eigenvalue weighted by Gasteiger charge is 2.18. The van der Waals surface area contributed by atoms with Crippen molar-refractivity contribution >= 4 is 21.8 Å². The van der Waals surface area contributed by atoms with E-state index in [0.717, 1.165) is 10.0 Å². The lowest BCUT2D eigenvalue weighted by Crippen LogP contribution is -2.42. The van der Waals surface area contributed by atoms with Crippen LogP contribution in [0.25, 0.3) is 0 Å². The van der Waals surface area contributed by atoms with Crippen molar-refractivity contribution in [3.63, 3.8) is 0 Å². The zero-order chi connectivity index (χ0) is 13.5. The number of ether oxygens (including phenoxy) is 1. The minimum Gasteiger partial charge on any atom is -0.385 e. The zero-order valence-electron chi connectivity index (χ0n) is 10.7. The van der Waals surface area contributed by atoms with Crippen molar-refractivity contribution in [1.82, 2.24) is 4.90 Å². The number of amides is 1. The normalized spacial score (nSPS) is 12.2. The van der Waals surface area contributed by atoms with Crippen molar-refractivity contribution in [3.8, 4) is 0 Å². The molecule has 0 fully saturated rings. The molecule has 100 valence electrons. The minimum atomic E-state index is -0.502. The van der Waals surface area contributed by atoms with Crippen molar-refractivity contribution in [2.24, 2.45) is 5.73 Å². The summed E-state index contributed by atoms with van der Waals surface area (Å²) in [6, 6.07) is 7.33. The third kappa shape index (κ3) is 4.40. The SMILES string of the molecule is COCCC(N)C(=O)N(C)Cc1ccccc1Br. The van der Waals surface area contributed by atoms with E-state index in [2.05, 4.69) is 15.9 Å². The van der Waals surface area contributed by atoms with E-state index in [0.29, 0.717) is 19.6 Å². The minimum absolute atomic E-state index is 0.0668. The highest BCUT2D eigenvalue weighted by Crippen LogP contribution is 2.17. The summed E-state index contributed by atoms with van der Waals surface area (Å²) < 4.78 is 5.92. The van der Waals surface area contributed by atoms with Crippen molar-refractivity contribution in [3.05, 3.63) is 34.3 Å². The molecule has 0 aliphatic carbocycles. The van der Waals surface area contributed by atoms with Crippen LogP contribution >= 0.6 is 15.9 Å². The van der Waals surface area contributed by atoms with Crippen LogP contribution in [0.3, 0.4) is 0 Å². The van der Waals surface area contributed by atoms with Crippen molar-refractivity contribution in [1.29, 1.82) is 0 Å². The molecule has 0 aromatic heterocycles. The predicted octanol–water partition coefficient (Wildman–Crippen LogP) is 1.77. The molecular weight excluding hydrogens is 296 g/mol. The molecule has 0 heterocycles. The number of nitrogens with two attached hydrogens (primary N) is 1. The molecule has 1 rings (SSSR count). The molecule has 1 atom stereocenters. The van der Waals surface area contributed by atoms with Crippen LogP contribution in [-0.2, 0) is 16.1 Å². The molecule has 0 saturated heterocycles. The molecule has 0 spiro atoms. The maximum absolute atomic E-state index is 12.0. The zero-order valence-corrected chi connectivity index (χ0v) is 12.3. The second-order valence-electron chi connectivity index (χ2n) is 4.17. The second kappa shape index (κ2) is 7.51. The van der Waals surface area contributed by atoms with Crippen LogP contribution in [0.5, 0.6) is 0 Å². The van der Waals surface area contributed by atoms with Gasteiger partial charge in [-0.15, -0.1) is 0 Å². The van der Waals surface area contributed by atoms with Crippen molar-refractivity contribution in [2.45, 2.75) is 19.0 Å². The smallest absolute Gasteiger partial charge is 0.239 e. The van der Waals surface area contributed by atoms with Crippen LogP contribution < -0.4 is 5.73 Å². The Bertz CT molecular complexity index is 398. The van der Waals surface area contributed by atoms with E-state index in [4.69, 9.17) is 10.5 Å². The number of hydrogen-bond donors (Lipinski definition) is 1. The highest BCUT2D eigenvalue weighted by molar-refractivity contribution is 9.10. The molecule has 0 bridgehead atoms. The summed E-state index contributed by atoms with van der Waals surface area (Å²) in [5.41, 5.74) is 6.88. The summed E-state index contributed by atoms with van der Waals surface area (Å²) in [5.74, 6) is -0.0668. The van der Waals surface area contributed by atoms with Gasteiger partial charge in [0.15, 0.2) is 0 Å². The van der Waals surface area contributed by atoms with Gasteiger partial charge >= 0.3 is 0 Å². The van der Waals surface area contributed by atoms with Gasteiger partial charge in [-0.05, 0) is 18.1 Å². The summed E-state index contributed by atoms with van der Waals surface area (Å²) >= 11 is 3.46. The fourth-order valence-corrected chi connectivity index (χ4v) is 2.02. The van der Waals surface area contributed by atoms with E-state index in [9.17, 15) is 4.79 Å². The van der Waals surface area contributed by atoms with Crippen LogP contribution in [0, 0.1) is 0 Å². The first-order chi connectivity index (χ1) is 8.56. The largest absolute Gasteiger partial charge is 0.385 e. The molecule has 1 aromatic rings. The lowest BCUT2D eigenvalue weighted by atomic mass is 10.1. The Labute approximate surface area is 116 Å². The Morgan fingerprint density at radius 2 is 2.17 bits per heavy atom. The molecule has 1 aromatic carbocycles. The van der Waals surface area contributed by atoms with E-state index in [-0.39, 0.29) is 5.91 Å². The van der Waals surface area contributed by atoms with Gasteiger partial charge < -0.3 is 15.4 Å². The molecule has 0 saturated carbocycles. The van der Waals surface area contributed by atoms with Gasteiger partial charge in [-0.1, -0.05) is 34.1 Å². The van der Waals surface area contributed by atoms with Gasteiger partial charge in [0.05, 0.1) is 6.04 Å². The Kier molecular flexibility index (Phi) is 6.32. The summed E-state index contributed by atoms with van der Waals surface area (Å²) in [6.07, 6.45) is 0.537. The number of carbonyl (C=O) groups is 1. The van der Waals surface area contributed by atoms with Crippen LogP contribution in [0.1, 0.15) is 12.0 Å². The van der Waals surface area contributed by atoms with Crippen LogP contribution in [0.15, 0.2) is 28.7 Å². The quantitative estimate of drug-likeness (QED) is 0.870. The van der Waals surface area contributed by atoms with E-state index in [1.165, 1.54) is 0 Å². The molecule has 0 aliphatic rings. The van der Waals surface area contributed by atoms with Gasteiger partial charge in [0.2, 0.25) is 5.91 Å². The second-order valence-corrected chi connectivity index (χ2v) is 5.03. The molecule has 5 heteroatoms. The van der Waals surface area contributed by atoms with Gasteiger partial charge in [0.1, 0.15) is 0 Å². The third-order valence-electron chi connectivity index (χ3n) is 2.69. The lowest BCUT2D eigenvalue weighted by Gasteiger charge is -2.21. The molecule has 4 nitrogen and oxygen atoms in total. The monoisotopic (exact) mass is 314 g/mol. The molecule has 0 aliphatic heterocycles. The standard InChI is InChI=1S/C13H19BrN2O2/c1-16(13(17)12(15)7-8-18-2)9-10-5-3-4-6-11(10)14/h3-6,12H,7-9,15H2,1-2H3. The first kappa shape index (κ1) is 15.1. The fourth-order valence-electron chi connectivity index (χ4n) is 1.61. The molecule has 0 radical (unpaired) electrons. The van der Waals surface area contributed by atoms with E-state index in [1.807, 2.05) is 24.3 Å². The number of benzene rings is 1. The molecular formula is C13H19BrN2O2. The number of likely N-dealkylation sites (N-methyl/N-ethyl adjacent to an activating group) is 1. The topological polar surface area (TPSA) is 55.6 Å². The highest BCUT2D eigenvalue weighted by atomic mass is 79.9. The summed E-state index contributed by atoms with van der Waals surface area (Å²) in [5, 5.41) is 0. The number of rotatable bonds is 6. The number of hydrogen-bond acceptors (Lipinski definition) is 3. The molecule has 1 unspecified atom stereocenters. The Morgan fingerprint density at radius 3 is 2.78 bits per heavy atom. The first-order valence-corrected chi connectivity index (χ1v) is 6.58. The third-order valence-corrected chi connectivity index (χ3v) is 3.47. The summed E-state index contributed by atoms with van der Waals surface area (Å²) in [6.45, 7) is 1.04. The number of methoxy groups -OCH3 is 1. The predicted molar refractivity (Wildman–Crippen MR) is 75.1 cm³/mol. The Morgan fingerprint density at radius 1 is 1.50 bits per heavy atom. The average molecular weight is 315 g/mol. The van der Waals surface area contributed by atoms with Crippen molar-refractivity contribution < 1.29 is 9.53 Å². The molecule has 18 heavy (non-hydrogen) atoms. The molecule has 1 amide bonds. The summed E-state index contributed by atoms with van der Waals surface area (Å²) in [4.78, 5) is 13.6.